The first-order chi connectivity index (χ1) is 4.83. The summed E-state index contributed by atoms with van der Waals surface area (Å²) in [6.45, 7) is 2.12. The fourth-order valence-corrected chi connectivity index (χ4v) is 1.84. The summed E-state index contributed by atoms with van der Waals surface area (Å²) in [5, 5.41) is 9.16. The van der Waals surface area contributed by atoms with E-state index in [1.807, 2.05) is 11.8 Å². The van der Waals surface area contributed by atoms with E-state index in [1.165, 1.54) is 11.3 Å². The van der Waals surface area contributed by atoms with E-state index in [2.05, 4.69) is 17.1 Å². The molecule has 0 amide bonds. The molecule has 0 aliphatic heterocycles. The van der Waals surface area contributed by atoms with Crippen LogP contribution in [0.5, 0.6) is 0 Å². The van der Waals surface area contributed by atoms with E-state index in [0.717, 1.165) is 16.5 Å². The van der Waals surface area contributed by atoms with E-state index in [1.54, 1.807) is 0 Å². The number of nitrogen functional groups attached to an aromatic ring is 1. The van der Waals surface area contributed by atoms with E-state index < -0.39 is 0 Å². The van der Waals surface area contributed by atoms with Crippen LogP contribution in [0.15, 0.2) is 0 Å². The van der Waals surface area contributed by atoms with E-state index in [-0.39, 0.29) is 0 Å². The molecule has 1 rings (SSSR count). The standard InChI is InChI=1S/C5H9N3S2/c1-2-9-3-4-7-8-5(6)10-4/h2-3H2,1H3,(H2,6,8). The Morgan fingerprint density at radius 2 is 2.40 bits per heavy atom. The van der Waals surface area contributed by atoms with Gasteiger partial charge in [-0.2, -0.15) is 11.8 Å². The lowest BCUT2D eigenvalue weighted by molar-refractivity contribution is 1.05. The molecule has 0 saturated heterocycles. The van der Waals surface area contributed by atoms with Crippen molar-refractivity contribution in [1.29, 1.82) is 0 Å². The summed E-state index contributed by atoms with van der Waals surface area (Å²) >= 11 is 3.29. The van der Waals surface area contributed by atoms with Crippen LogP contribution in [0.1, 0.15) is 11.9 Å². The summed E-state index contributed by atoms with van der Waals surface area (Å²) in [7, 11) is 0. The zero-order valence-electron chi connectivity index (χ0n) is 5.70. The number of hydrogen-bond acceptors (Lipinski definition) is 5. The molecule has 56 valence electrons. The fourth-order valence-electron chi connectivity index (χ4n) is 0.514. The number of thioether (sulfide) groups is 1. The number of nitrogens with two attached hydrogens (primary N) is 1. The first-order valence-corrected chi connectivity index (χ1v) is 4.95. The molecule has 0 aromatic carbocycles. The smallest absolute Gasteiger partial charge is 0.203 e. The van der Waals surface area contributed by atoms with Crippen molar-refractivity contribution < 1.29 is 0 Å². The molecule has 10 heavy (non-hydrogen) atoms. The van der Waals surface area contributed by atoms with Gasteiger partial charge in [-0.25, -0.2) is 0 Å². The van der Waals surface area contributed by atoms with Crippen LogP contribution in [0.4, 0.5) is 5.13 Å². The number of anilines is 1. The monoisotopic (exact) mass is 175 g/mol. The van der Waals surface area contributed by atoms with Crippen molar-refractivity contribution in [3.63, 3.8) is 0 Å². The summed E-state index contributed by atoms with van der Waals surface area (Å²) in [6.07, 6.45) is 0. The van der Waals surface area contributed by atoms with Gasteiger partial charge in [-0.15, -0.1) is 10.2 Å². The lowest BCUT2D eigenvalue weighted by Crippen LogP contribution is -1.80. The molecule has 0 radical (unpaired) electrons. The normalized spacial score (nSPS) is 10.1. The van der Waals surface area contributed by atoms with Gasteiger partial charge in [-0.3, -0.25) is 0 Å². The number of rotatable bonds is 3. The lowest BCUT2D eigenvalue weighted by Gasteiger charge is -1.88. The predicted molar refractivity (Wildman–Crippen MR) is 46.2 cm³/mol. The minimum absolute atomic E-state index is 0.562. The molecule has 0 unspecified atom stereocenters. The Labute approximate surface area is 68.0 Å². The highest BCUT2D eigenvalue weighted by atomic mass is 32.2. The quantitative estimate of drug-likeness (QED) is 0.754. The molecule has 3 nitrogen and oxygen atoms in total. The number of hydrogen-bond donors (Lipinski definition) is 1. The van der Waals surface area contributed by atoms with Crippen LogP contribution in [-0.4, -0.2) is 16.0 Å². The van der Waals surface area contributed by atoms with Gasteiger partial charge in [0.25, 0.3) is 0 Å². The van der Waals surface area contributed by atoms with Crippen LogP contribution < -0.4 is 5.73 Å². The van der Waals surface area contributed by atoms with Gasteiger partial charge < -0.3 is 5.73 Å². The van der Waals surface area contributed by atoms with Crippen LogP contribution in [0, 0.1) is 0 Å². The summed E-state index contributed by atoms with van der Waals surface area (Å²) in [4.78, 5) is 0. The van der Waals surface area contributed by atoms with E-state index >= 15 is 0 Å². The SMILES string of the molecule is CCSCc1nnc(N)s1. The van der Waals surface area contributed by atoms with Gasteiger partial charge in [0.1, 0.15) is 5.01 Å². The Kier molecular flexibility index (Phi) is 2.95. The van der Waals surface area contributed by atoms with Crippen molar-refractivity contribution >= 4 is 28.2 Å². The maximum Gasteiger partial charge on any atom is 0.203 e. The molecule has 5 heteroatoms. The Bertz CT molecular complexity index is 199. The van der Waals surface area contributed by atoms with Gasteiger partial charge in [0.05, 0.1) is 0 Å². The minimum Gasteiger partial charge on any atom is -0.374 e. The summed E-state index contributed by atoms with van der Waals surface area (Å²) in [5.74, 6) is 2.05. The molecule has 0 fully saturated rings. The van der Waals surface area contributed by atoms with Crippen LogP contribution >= 0.6 is 23.1 Å². The van der Waals surface area contributed by atoms with Crippen molar-refractivity contribution in [2.45, 2.75) is 12.7 Å². The Morgan fingerprint density at radius 1 is 1.60 bits per heavy atom. The third-order valence-corrected chi connectivity index (χ3v) is 2.73. The molecule has 1 aromatic rings. The second kappa shape index (κ2) is 3.78. The average Bonchev–Trinajstić information content (AvgIpc) is 2.31. The van der Waals surface area contributed by atoms with Gasteiger partial charge in [-0.05, 0) is 5.75 Å². The van der Waals surface area contributed by atoms with Gasteiger partial charge in [0.2, 0.25) is 5.13 Å². The molecule has 0 spiro atoms. The Morgan fingerprint density at radius 3 is 2.90 bits per heavy atom. The first-order valence-electron chi connectivity index (χ1n) is 2.98. The van der Waals surface area contributed by atoms with Gasteiger partial charge in [-0.1, -0.05) is 18.3 Å². The van der Waals surface area contributed by atoms with Crippen LogP contribution in [-0.2, 0) is 5.75 Å². The van der Waals surface area contributed by atoms with Crippen molar-refractivity contribution in [2.75, 3.05) is 11.5 Å². The van der Waals surface area contributed by atoms with E-state index in [9.17, 15) is 0 Å². The zero-order chi connectivity index (χ0) is 7.40. The molecular formula is C5H9N3S2. The van der Waals surface area contributed by atoms with E-state index in [4.69, 9.17) is 5.73 Å². The molecule has 1 aromatic heterocycles. The van der Waals surface area contributed by atoms with Crippen LogP contribution in [0.2, 0.25) is 0 Å². The van der Waals surface area contributed by atoms with Crippen molar-refractivity contribution in [3.8, 4) is 0 Å². The van der Waals surface area contributed by atoms with Crippen molar-refractivity contribution in [1.82, 2.24) is 10.2 Å². The van der Waals surface area contributed by atoms with Gasteiger partial charge >= 0.3 is 0 Å². The van der Waals surface area contributed by atoms with Gasteiger partial charge in [0.15, 0.2) is 0 Å². The molecule has 1 heterocycles. The predicted octanol–water partition coefficient (Wildman–Crippen LogP) is 1.37. The third-order valence-electron chi connectivity index (χ3n) is 0.912. The van der Waals surface area contributed by atoms with Crippen LogP contribution in [0.25, 0.3) is 0 Å². The Hall–Kier alpha value is -0.290. The molecule has 2 N–H and O–H groups in total. The minimum atomic E-state index is 0.562. The second-order valence-corrected chi connectivity index (χ2v) is 4.04. The largest absolute Gasteiger partial charge is 0.374 e. The first kappa shape index (κ1) is 7.81. The number of nitrogens with zero attached hydrogens (tertiary/aromatic N) is 2. The van der Waals surface area contributed by atoms with Crippen molar-refractivity contribution in [2.24, 2.45) is 0 Å². The van der Waals surface area contributed by atoms with E-state index in [0.29, 0.717) is 5.13 Å². The molecular weight excluding hydrogens is 166 g/mol. The molecule has 0 aliphatic carbocycles. The highest BCUT2D eigenvalue weighted by molar-refractivity contribution is 7.98. The Balaban J connectivity index is 2.42. The topological polar surface area (TPSA) is 51.8 Å². The molecule has 0 bridgehead atoms. The van der Waals surface area contributed by atoms with Gasteiger partial charge in [0, 0.05) is 5.75 Å². The maximum absolute atomic E-state index is 5.39. The maximum atomic E-state index is 5.39. The summed E-state index contributed by atoms with van der Waals surface area (Å²) in [6, 6.07) is 0. The van der Waals surface area contributed by atoms with Crippen LogP contribution in [0.3, 0.4) is 0 Å². The van der Waals surface area contributed by atoms with Crippen molar-refractivity contribution in [3.05, 3.63) is 5.01 Å². The molecule has 0 aliphatic rings. The molecule has 0 atom stereocenters. The summed E-state index contributed by atoms with van der Waals surface area (Å²) in [5.41, 5.74) is 5.39. The highest BCUT2D eigenvalue weighted by Crippen LogP contribution is 2.16. The third kappa shape index (κ3) is 2.15. The average molecular weight is 175 g/mol. The lowest BCUT2D eigenvalue weighted by atomic mass is 10.8. The molecule has 0 saturated carbocycles. The summed E-state index contributed by atoms with van der Waals surface area (Å²) < 4.78 is 0. The zero-order valence-corrected chi connectivity index (χ0v) is 7.34. The number of aromatic nitrogens is 2. The second-order valence-electron chi connectivity index (χ2n) is 1.67. The fraction of sp³-hybridized carbons (Fsp3) is 0.600. The highest BCUT2D eigenvalue weighted by Gasteiger charge is 1.98.